The molecule has 0 N–H and O–H groups in total. The molecule has 0 fully saturated rings. The fraction of sp³-hybridized carbons (Fsp3) is 0. The summed E-state index contributed by atoms with van der Waals surface area (Å²) in [5, 5.41) is 9.55. The Morgan fingerprint density at radius 1 is 0.304 bits per heavy atom. The average molecular weight is 714 g/mol. The number of rotatable bonds is 6. The molecule has 0 aliphatic rings. The van der Waals surface area contributed by atoms with E-state index in [1.807, 2.05) is 0 Å². The number of hydrogen-bond acceptors (Lipinski definition) is 2. The van der Waals surface area contributed by atoms with E-state index in [-0.39, 0.29) is 0 Å². The molecule has 0 spiro atoms. The van der Waals surface area contributed by atoms with Gasteiger partial charge in [-0.25, -0.2) is 0 Å². The quantitative estimate of drug-likeness (QED) is 0.171. The van der Waals surface area contributed by atoms with Gasteiger partial charge in [-0.3, -0.25) is 0 Å². The topological polar surface area (TPSA) is 16.4 Å². The van der Waals surface area contributed by atoms with Crippen LogP contribution in [0.1, 0.15) is 0 Å². The summed E-state index contributed by atoms with van der Waals surface area (Å²) in [7, 11) is 0. The smallest absolute Gasteiger partial charge is 0.143 e. The Labute approximate surface area is 325 Å². The lowest BCUT2D eigenvalue weighted by Crippen LogP contribution is -2.10. The van der Waals surface area contributed by atoms with Crippen LogP contribution >= 0.6 is 0 Å². The molecule has 56 heavy (non-hydrogen) atoms. The molecule has 2 heteroatoms. The molecule has 0 amide bonds. The van der Waals surface area contributed by atoms with Crippen molar-refractivity contribution in [2.75, 3.05) is 4.90 Å². The van der Waals surface area contributed by atoms with Crippen LogP contribution in [0.5, 0.6) is 0 Å². The van der Waals surface area contributed by atoms with E-state index in [2.05, 4.69) is 217 Å². The predicted octanol–water partition coefficient (Wildman–Crippen LogP) is 15.5. The fourth-order valence-corrected chi connectivity index (χ4v) is 8.61. The summed E-state index contributed by atoms with van der Waals surface area (Å²) < 4.78 is 6.55. The molecule has 0 aliphatic carbocycles. The number of hydrogen-bond donors (Lipinski definition) is 0. The van der Waals surface area contributed by atoms with Crippen molar-refractivity contribution >= 4 is 71.3 Å². The minimum atomic E-state index is 0.898. The monoisotopic (exact) mass is 713 g/mol. The van der Waals surface area contributed by atoms with Crippen molar-refractivity contribution in [1.82, 2.24) is 0 Å². The maximum atomic E-state index is 6.55. The molecule has 0 atom stereocenters. The van der Waals surface area contributed by atoms with Crippen LogP contribution in [0.2, 0.25) is 0 Å². The van der Waals surface area contributed by atoms with Gasteiger partial charge in [0.05, 0.1) is 0 Å². The zero-order valence-corrected chi connectivity index (χ0v) is 30.6. The predicted molar refractivity (Wildman–Crippen MR) is 237 cm³/mol. The molecule has 0 aliphatic heterocycles. The van der Waals surface area contributed by atoms with Crippen molar-refractivity contribution in [2.24, 2.45) is 0 Å². The van der Waals surface area contributed by atoms with Crippen LogP contribution in [-0.2, 0) is 0 Å². The van der Waals surface area contributed by atoms with Crippen LogP contribution in [0, 0.1) is 0 Å². The van der Waals surface area contributed by atoms with Gasteiger partial charge in [-0.15, -0.1) is 0 Å². The zero-order chi connectivity index (χ0) is 37.0. The number of nitrogens with zero attached hydrogens (tertiary/aromatic N) is 1. The van der Waals surface area contributed by atoms with E-state index in [9.17, 15) is 0 Å². The third-order valence-corrected chi connectivity index (χ3v) is 11.2. The van der Waals surface area contributed by atoms with Gasteiger partial charge in [0, 0.05) is 33.2 Å². The lowest BCUT2D eigenvalue weighted by Gasteiger charge is -2.27. The minimum absolute atomic E-state index is 0.898. The molecule has 0 unspecified atom stereocenters. The SMILES string of the molecule is c1cc(-c2cccc3ccccc23)cc(N(c2ccc(-c3cccc4oc5c6ccccc6ccc5c34)cc2)c2cccc(-c3cccc4ccccc34)c2)c1. The van der Waals surface area contributed by atoms with Crippen molar-refractivity contribution in [1.29, 1.82) is 0 Å². The normalized spacial score (nSPS) is 11.6. The summed E-state index contributed by atoms with van der Waals surface area (Å²) in [6.07, 6.45) is 0. The highest BCUT2D eigenvalue weighted by atomic mass is 16.3. The summed E-state index contributed by atoms with van der Waals surface area (Å²) >= 11 is 0. The molecule has 11 rings (SSSR count). The summed E-state index contributed by atoms with van der Waals surface area (Å²) in [5.41, 5.74) is 12.2. The van der Waals surface area contributed by atoms with Crippen LogP contribution in [0.3, 0.4) is 0 Å². The van der Waals surface area contributed by atoms with Crippen LogP contribution in [0.15, 0.2) is 217 Å². The highest BCUT2D eigenvalue weighted by Gasteiger charge is 2.18. The third-order valence-electron chi connectivity index (χ3n) is 11.2. The third kappa shape index (κ3) is 5.34. The first-order chi connectivity index (χ1) is 27.8. The van der Waals surface area contributed by atoms with E-state index in [1.54, 1.807) is 0 Å². The minimum Gasteiger partial charge on any atom is -0.455 e. The lowest BCUT2D eigenvalue weighted by atomic mass is 9.96. The maximum Gasteiger partial charge on any atom is 0.143 e. The molecule has 0 bridgehead atoms. The Morgan fingerprint density at radius 2 is 0.804 bits per heavy atom. The molecule has 10 aromatic carbocycles. The van der Waals surface area contributed by atoms with Crippen LogP contribution in [0.25, 0.3) is 87.6 Å². The van der Waals surface area contributed by atoms with Gasteiger partial charge in [-0.1, -0.05) is 164 Å². The fourth-order valence-electron chi connectivity index (χ4n) is 8.61. The van der Waals surface area contributed by atoms with E-state index in [4.69, 9.17) is 4.42 Å². The highest BCUT2D eigenvalue weighted by Crippen LogP contribution is 2.43. The first-order valence-electron chi connectivity index (χ1n) is 19.2. The molecular formula is C54H35NO. The van der Waals surface area contributed by atoms with E-state index >= 15 is 0 Å². The van der Waals surface area contributed by atoms with Gasteiger partial charge in [0.2, 0.25) is 0 Å². The number of anilines is 3. The van der Waals surface area contributed by atoms with Crippen molar-refractivity contribution in [2.45, 2.75) is 0 Å². The maximum absolute atomic E-state index is 6.55. The first kappa shape index (κ1) is 32.0. The van der Waals surface area contributed by atoms with Crippen molar-refractivity contribution in [3.05, 3.63) is 212 Å². The van der Waals surface area contributed by atoms with Crippen LogP contribution in [-0.4, -0.2) is 0 Å². The van der Waals surface area contributed by atoms with E-state index < -0.39 is 0 Å². The van der Waals surface area contributed by atoms with Crippen molar-refractivity contribution in [3.63, 3.8) is 0 Å². The molecule has 262 valence electrons. The standard InChI is InChI=1S/C54H35NO/c1-4-21-45-36(12-1)15-9-24-47(45)40-17-7-19-43(34-40)55(44-20-8-18-41(35-44)48-25-10-16-37-13-2-5-22-46(37)48)42-31-28-39(29-32-42)49-26-11-27-52-53(49)51-33-30-38-14-3-6-23-50(38)54(51)56-52/h1-35H. The molecule has 1 heterocycles. The van der Waals surface area contributed by atoms with Crippen molar-refractivity contribution < 1.29 is 4.42 Å². The van der Waals surface area contributed by atoms with Gasteiger partial charge in [0.15, 0.2) is 0 Å². The molecule has 11 aromatic rings. The largest absolute Gasteiger partial charge is 0.455 e. The molecule has 0 radical (unpaired) electrons. The number of fused-ring (bicyclic) bond motifs is 7. The lowest BCUT2D eigenvalue weighted by molar-refractivity contribution is 0.673. The summed E-state index contributed by atoms with van der Waals surface area (Å²) in [4.78, 5) is 2.38. The second kappa shape index (κ2) is 13.2. The second-order valence-corrected chi connectivity index (χ2v) is 14.5. The molecular weight excluding hydrogens is 679 g/mol. The van der Waals surface area contributed by atoms with Gasteiger partial charge >= 0.3 is 0 Å². The van der Waals surface area contributed by atoms with Gasteiger partial charge in [0.25, 0.3) is 0 Å². The Kier molecular flexibility index (Phi) is 7.53. The van der Waals surface area contributed by atoms with E-state index in [0.29, 0.717) is 0 Å². The van der Waals surface area contributed by atoms with Crippen LogP contribution < -0.4 is 4.90 Å². The molecule has 0 saturated carbocycles. The molecule has 1 aromatic heterocycles. The van der Waals surface area contributed by atoms with Gasteiger partial charge in [0.1, 0.15) is 11.2 Å². The van der Waals surface area contributed by atoms with E-state index in [0.717, 1.165) is 55.5 Å². The highest BCUT2D eigenvalue weighted by molar-refractivity contribution is 6.19. The van der Waals surface area contributed by atoms with Gasteiger partial charge < -0.3 is 9.32 Å². The summed E-state index contributed by atoms with van der Waals surface area (Å²) in [6, 6.07) is 76.5. The summed E-state index contributed by atoms with van der Waals surface area (Å²) in [6.45, 7) is 0. The Morgan fingerprint density at radius 3 is 1.43 bits per heavy atom. The Bertz CT molecular complexity index is 3130. The first-order valence-corrected chi connectivity index (χ1v) is 19.2. The number of benzene rings is 10. The Hall–Kier alpha value is -7.42. The van der Waals surface area contributed by atoms with Crippen molar-refractivity contribution in [3.8, 4) is 33.4 Å². The zero-order valence-electron chi connectivity index (χ0n) is 30.6. The van der Waals surface area contributed by atoms with Gasteiger partial charge in [-0.05, 0) is 109 Å². The molecule has 2 nitrogen and oxygen atoms in total. The second-order valence-electron chi connectivity index (χ2n) is 14.5. The molecule has 0 saturated heterocycles. The Balaban J connectivity index is 1.07. The van der Waals surface area contributed by atoms with E-state index in [1.165, 1.54) is 49.2 Å². The summed E-state index contributed by atoms with van der Waals surface area (Å²) in [5.74, 6) is 0. The van der Waals surface area contributed by atoms with Gasteiger partial charge in [-0.2, -0.15) is 0 Å². The average Bonchev–Trinajstić information content (AvgIpc) is 3.66. The van der Waals surface area contributed by atoms with Crippen LogP contribution in [0.4, 0.5) is 17.1 Å². The number of furan rings is 1.